The lowest BCUT2D eigenvalue weighted by atomic mass is 10.3. The molecule has 0 aromatic carbocycles. The average Bonchev–Trinajstić information content (AvgIpc) is 3.18. The minimum absolute atomic E-state index is 0.290. The second-order valence-electron chi connectivity index (χ2n) is 4.69. The first-order valence-electron chi connectivity index (χ1n) is 6.22. The van der Waals surface area contributed by atoms with E-state index in [1.807, 2.05) is 18.0 Å². The number of anilines is 1. The minimum atomic E-state index is -0.504. The van der Waals surface area contributed by atoms with E-state index in [0.29, 0.717) is 12.3 Å². The Morgan fingerprint density at radius 3 is 3.00 bits per heavy atom. The number of nitrogens with zero attached hydrogens (tertiary/aromatic N) is 2. The number of carbonyl (C=O) groups excluding carboxylic acids is 1. The van der Waals surface area contributed by atoms with Gasteiger partial charge in [0, 0.05) is 20.2 Å². The molecule has 0 spiro atoms. The van der Waals surface area contributed by atoms with Gasteiger partial charge in [-0.05, 0) is 30.9 Å². The zero-order valence-electron chi connectivity index (χ0n) is 10.6. The van der Waals surface area contributed by atoms with Crippen molar-refractivity contribution >= 4 is 11.7 Å². The Labute approximate surface area is 107 Å². The van der Waals surface area contributed by atoms with Crippen LogP contribution in [0.1, 0.15) is 23.3 Å². The fourth-order valence-electron chi connectivity index (χ4n) is 1.62. The van der Waals surface area contributed by atoms with E-state index >= 15 is 0 Å². The number of likely N-dealkylation sites (N-methyl/N-ethyl adjacent to an activating group) is 1. The predicted octanol–water partition coefficient (Wildman–Crippen LogP) is 1.04. The predicted molar refractivity (Wildman–Crippen MR) is 69.6 cm³/mol. The Morgan fingerprint density at radius 2 is 2.33 bits per heavy atom. The number of pyridine rings is 1. The third-order valence-electron chi connectivity index (χ3n) is 3.00. The minimum Gasteiger partial charge on any atom is -0.379 e. The lowest BCUT2D eigenvalue weighted by Crippen LogP contribution is -2.25. The summed E-state index contributed by atoms with van der Waals surface area (Å²) in [6, 6.07) is 5.25. The summed E-state index contributed by atoms with van der Waals surface area (Å²) in [7, 11) is 1.92. The highest BCUT2D eigenvalue weighted by atomic mass is 16.5. The van der Waals surface area contributed by atoms with Crippen LogP contribution in [0.4, 0.5) is 5.82 Å². The van der Waals surface area contributed by atoms with Gasteiger partial charge in [0.25, 0.3) is 5.91 Å². The summed E-state index contributed by atoms with van der Waals surface area (Å²) < 4.78 is 5.57. The molecule has 0 unspecified atom stereocenters. The van der Waals surface area contributed by atoms with E-state index in [1.54, 1.807) is 12.1 Å². The summed E-state index contributed by atoms with van der Waals surface area (Å²) >= 11 is 0. The molecule has 1 saturated carbocycles. The van der Waals surface area contributed by atoms with Crippen molar-refractivity contribution in [3.05, 3.63) is 23.9 Å². The van der Waals surface area contributed by atoms with Crippen LogP contribution >= 0.6 is 0 Å². The van der Waals surface area contributed by atoms with E-state index in [2.05, 4.69) is 4.98 Å². The standard InChI is InChI=1S/C13H19N3O2/c1-16(7-8-18-9-10-5-6-10)12-4-2-3-11(15-12)13(14)17/h2-4,10H,5-9H2,1H3,(H2,14,17). The highest BCUT2D eigenvalue weighted by Gasteiger charge is 2.21. The molecule has 0 aliphatic heterocycles. The molecule has 0 radical (unpaired) electrons. The molecule has 2 rings (SSSR count). The van der Waals surface area contributed by atoms with Crippen LogP contribution < -0.4 is 10.6 Å². The van der Waals surface area contributed by atoms with E-state index < -0.39 is 5.91 Å². The SMILES string of the molecule is CN(CCOCC1CC1)c1cccc(C(N)=O)n1. The van der Waals surface area contributed by atoms with E-state index in [1.165, 1.54) is 12.8 Å². The molecule has 2 N–H and O–H groups in total. The maximum Gasteiger partial charge on any atom is 0.267 e. The van der Waals surface area contributed by atoms with Gasteiger partial charge in [-0.1, -0.05) is 6.07 Å². The topological polar surface area (TPSA) is 68.5 Å². The molecule has 0 bridgehead atoms. The van der Waals surface area contributed by atoms with E-state index in [4.69, 9.17) is 10.5 Å². The third-order valence-corrected chi connectivity index (χ3v) is 3.00. The monoisotopic (exact) mass is 249 g/mol. The largest absolute Gasteiger partial charge is 0.379 e. The summed E-state index contributed by atoms with van der Waals surface area (Å²) in [6.45, 7) is 2.29. The van der Waals surface area contributed by atoms with Crippen LogP contribution in [-0.2, 0) is 4.74 Å². The van der Waals surface area contributed by atoms with Crippen molar-refractivity contribution in [1.29, 1.82) is 0 Å². The van der Waals surface area contributed by atoms with Crippen LogP contribution in [0.15, 0.2) is 18.2 Å². The van der Waals surface area contributed by atoms with Crippen LogP contribution in [0.25, 0.3) is 0 Å². The van der Waals surface area contributed by atoms with Crippen molar-refractivity contribution in [2.75, 3.05) is 31.7 Å². The van der Waals surface area contributed by atoms with Gasteiger partial charge in [-0.25, -0.2) is 4.98 Å². The first-order valence-corrected chi connectivity index (χ1v) is 6.22. The quantitative estimate of drug-likeness (QED) is 0.733. The van der Waals surface area contributed by atoms with Crippen LogP contribution in [0.3, 0.4) is 0 Å². The molecule has 1 aliphatic rings. The van der Waals surface area contributed by atoms with Gasteiger partial charge < -0.3 is 15.4 Å². The van der Waals surface area contributed by atoms with E-state index in [-0.39, 0.29) is 0 Å². The van der Waals surface area contributed by atoms with Gasteiger partial charge in [-0.3, -0.25) is 4.79 Å². The zero-order chi connectivity index (χ0) is 13.0. The lowest BCUT2D eigenvalue weighted by Gasteiger charge is -2.18. The Morgan fingerprint density at radius 1 is 1.56 bits per heavy atom. The Hall–Kier alpha value is -1.62. The van der Waals surface area contributed by atoms with Gasteiger partial charge >= 0.3 is 0 Å². The van der Waals surface area contributed by atoms with Crippen molar-refractivity contribution in [3.63, 3.8) is 0 Å². The molecule has 1 aromatic heterocycles. The molecule has 5 nitrogen and oxygen atoms in total. The van der Waals surface area contributed by atoms with Crippen LogP contribution in [0, 0.1) is 5.92 Å². The number of aromatic nitrogens is 1. The second kappa shape index (κ2) is 5.82. The molecule has 0 saturated heterocycles. The summed E-state index contributed by atoms with van der Waals surface area (Å²) in [6.07, 6.45) is 2.61. The first-order chi connectivity index (χ1) is 8.66. The fourth-order valence-corrected chi connectivity index (χ4v) is 1.62. The molecule has 1 fully saturated rings. The summed E-state index contributed by atoms with van der Waals surface area (Å²) in [5.41, 5.74) is 5.49. The van der Waals surface area contributed by atoms with E-state index in [0.717, 1.165) is 24.9 Å². The smallest absolute Gasteiger partial charge is 0.267 e. The number of hydrogen-bond acceptors (Lipinski definition) is 4. The normalized spacial score (nSPS) is 14.5. The Kier molecular flexibility index (Phi) is 4.15. The summed E-state index contributed by atoms with van der Waals surface area (Å²) in [5.74, 6) is 1.02. The number of amides is 1. The van der Waals surface area contributed by atoms with Crippen molar-refractivity contribution in [3.8, 4) is 0 Å². The second-order valence-corrected chi connectivity index (χ2v) is 4.69. The zero-order valence-corrected chi connectivity index (χ0v) is 10.6. The van der Waals surface area contributed by atoms with Gasteiger partial charge in [0.2, 0.25) is 0 Å². The molecule has 98 valence electrons. The van der Waals surface area contributed by atoms with Crippen molar-refractivity contribution < 1.29 is 9.53 Å². The molecule has 1 heterocycles. The summed E-state index contributed by atoms with van der Waals surface area (Å²) in [5, 5.41) is 0. The summed E-state index contributed by atoms with van der Waals surface area (Å²) in [4.78, 5) is 17.2. The van der Waals surface area contributed by atoms with Crippen LogP contribution in [0.5, 0.6) is 0 Å². The molecular weight excluding hydrogens is 230 g/mol. The molecule has 0 atom stereocenters. The highest BCUT2D eigenvalue weighted by molar-refractivity contribution is 5.91. The Bertz CT molecular complexity index is 418. The van der Waals surface area contributed by atoms with Gasteiger partial charge in [0.1, 0.15) is 11.5 Å². The lowest BCUT2D eigenvalue weighted by molar-refractivity contribution is 0.0995. The van der Waals surface area contributed by atoms with Crippen molar-refractivity contribution in [2.24, 2.45) is 11.7 Å². The molecular formula is C13H19N3O2. The van der Waals surface area contributed by atoms with Crippen LogP contribution in [0.2, 0.25) is 0 Å². The van der Waals surface area contributed by atoms with Crippen molar-refractivity contribution in [2.45, 2.75) is 12.8 Å². The molecule has 1 aliphatic carbocycles. The maximum absolute atomic E-state index is 11.0. The fraction of sp³-hybridized carbons (Fsp3) is 0.538. The number of nitrogens with two attached hydrogens (primary N) is 1. The molecule has 5 heteroatoms. The third kappa shape index (κ3) is 3.70. The van der Waals surface area contributed by atoms with Crippen molar-refractivity contribution in [1.82, 2.24) is 4.98 Å². The maximum atomic E-state index is 11.0. The highest BCUT2D eigenvalue weighted by Crippen LogP contribution is 2.28. The Balaban J connectivity index is 1.81. The first kappa shape index (κ1) is 12.8. The van der Waals surface area contributed by atoms with Gasteiger partial charge in [-0.15, -0.1) is 0 Å². The van der Waals surface area contributed by atoms with Crippen LogP contribution in [-0.4, -0.2) is 37.7 Å². The molecule has 1 aromatic rings. The van der Waals surface area contributed by atoms with Gasteiger partial charge in [0.15, 0.2) is 0 Å². The number of primary amides is 1. The number of carbonyl (C=O) groups is 1. The number of rotatable bonds is 7. The number of ether oxygens (including phenoxy) is 1. The molecule has 1 amide bonds. The molecule has 18 heavy (non-hydrogen) atoms. The average molecular weight is 249 g/mol. The van der Waals surface area contributed by atoms with E-state index in [9.17, 15) is 4.79 Å². The van der Waals surface area contributed by atoms with Gasteiger partial charge in [0.05, 0.1) is 6.61 Å². The number of hydrogen-bond donors (Lipinski definition) is 1. The van der Waals surface area contributed by atoms with Gasteiger partial charge in [-0.2, -0.15) is 0 Å².